The Balaban J connectivity index is 1.57. The molecule has 1 N–H and O–H groups in total. The van der Waals surface area contributed by atoms with Crippen LogP contribution in [0.3, 0.4) is 0 Å². The van der Waals surface area contributed by atoms with Crippen LogP contribution in [0.15, 0.2) is 60.2 Å². The molecular weight excluding hydrogens is 388 g/mol. The van der Waals surface area contributed by atoms with Gasteiger partial charge in [-0.05, 0) is 85.5 Å². The number of carbonyl (C=O) groups excluding carboxylic acids is 1. The summed E-state index contributed by atoms with van der Waals surface area (Å²) in [5.74, 6) is 2.88. The maximum Gasteiger partial charge on any atom is 0.326 e. The highest BCUT2D eigenvalue weighted by Gasteiger charge is 2.51. The fourth-order valence-electron chi connectivity index (χ4n) is 4.87. The van der Waals surface area contributed by atoms with Gasteiger partial charge in [-0.1, -0.05) is 25.5 Å². The number of carbonyl (C=O) groups is 1. The van der Waals surface area contributed by atoms with E-state index in [0.29, 0.717) is 24.5 Å². The Kier molecular flexibility index (Phi) is 5.94. The number of hydrogen-bond acceptors (Lipinski definition) is 3. The highest BCUT2D eigenvalue weighted by molar-refractivity contribution is 6.02. The van der Waals surface area contributed by atoms with Crippen LogP contribution >= 0.6 is 0 Å². The molecule has 0 spiro atoms. The summed E-state index contributed by atoms with van der Waals surface area (Å²) in [6, 6.07) is 15.0. The number of nitrogens with zero attached hydrogens (tertiary/aromatic N) is 1. The Morgan fingerprint density at radius 3 is 2.35 bits per heavy atom. The summed E-state index contributed by atoms with van der Waals surface area (Å²) in [6.07, 6.45) is 4.69. The van der Waals surface area contributed by atoms with Gasteiger partial charge in [-0.3, -0.25) is 4.90 Å². The molecule has 2 aromatic rings. The number of urea groups is 1. The number of anilines is 2. The average molecular weight is 421 g/mol. The molecule has 0 saturated heterocycles. The molecule has 31 heavy (non-hydrogen) atoms. The number of amides is 2. The van der Waals surface area contributed by atoms with Crippen LogP contribution in [0.1, 0.15) is 33.6 Å². The molecule has 2 amide bonds. The largest absolute Gasteiger partial charge is 0.497 e. The van der Waals surface area contributed by atoms with Crippen LogP contribution in [0.2, 0.25) is 0 Å². The van der Waals surface area contributed by atoms with Gasteiger partial charge in [-0.2, -0.15) is 0 Å². The second-order valence-electron chi connectivity index (χ2n) is 8.99. The van der Waals surface area contributed by atoms with E-state index in [1.165, 1.54) is 12.0 Å². The lowest BCUT2D eigenvalue weighted by Crippen LogP contribution is -2.50. The summed E-state index contributed by atoms with van der Waals surface area (Å²) in [4.78, 5) is 15.2. The number of methoxy groups -OCH3 is 1. The van der Waals surface area contributed by atoms with E-state index >= 15 is 0 Å². The SMILES string of the molecule is CCOc1ccc(N(CC2=CCC3CC2C3(C)C)C(=O)Nc2ccc(OC)cc2)cc1. The van der Waals surface area contributed by atoms with Crippen molar-refractivity contribution in [1.29, 1.82) is 0 Å². The van der Waals surface area contributed by atoms with Crippen LogP contribution < -0.4 is 19.7 Å². The number of allylic oxidation sites excluding steroid dienone is 1. The zero-order valence-corrected chi connectivity index (χ0v) is 18.9. The lowest BCUT2D eigenvalue weighted by atomic mass is 9.49. The molecule has 0 heterocycles. The molecule has 5 heteroatoms. The summed E-state index contributed by atoms with van der Waals surface area (Å²) in [5.41, 5.74) is 3.28. The molecule has 0 radical (unpaired) electrons. The lowest BCUT2D eigenvalue weighted by molar-refractivity contribution is -0.00666. The molecule has 164 valence electrons. The second-order valence-corrected chi connectivity index (χ2v) is 8.99. The third kappa shape index (κ3) is 4.27. The average Bonchev–Trinajstić information content (AvgIpc) is 2.78. The molecule has 5 rings (SSSR count). The third-order valence-electron chi connectivity index (χ3n) is 6.97. The Hall–Kier alpha value is -2.95. The molecule has 0 aromatic heterocycles. The van der Waals surface area contributed by atoms with E-state index < -0.39 is 0 Å². The minimum absolute atomic E-state index is 0.144. The first kappa shape index (κ1) is 21.3. The monoisotopic (exact) mass is 420 g/mol. The lowest BCUT2D eigenvalue weighted by Gasteiger charge is -2.57. The van der Waals surface area contributed by atoms with E-state index in [-0.39, 0.29) is 6.03 Å². The summed E-state index contributed by atoms with van der Waals surface area (Å²) in [6.45, 7) is 7.89. The third-order valence-corrected chi connectivity index (χ3v) is 6.97. The number of ether oxygens (including phenoxy) is 2. The van der Waals surface area contributed by atoms with Gasteiger partial charge in [0.1, 0.15) is 11.5 Å². The van der Waals surface area contributed by atoms with E-state index in [4.69, 9.17) is 9.47 Å². The van der Waals surface area contributed by atoms with Gasteiger partial charge in [0.25, 0.3) is 0 Å². The molecule has 2 aromatic carbocycles. The van der Waals surface area contributed by atoms with Crippen LogP contribution in [-0.2, 0) is 0 Å². The van der Waals surface area contributed by atoms with Gasteiger partial charge >= 0.3 is 6.03 Å². The Labute approximate surface area is 185 Å². The van der Waals surface area contributed by atoms with Crippen molar-refractivity contribution in [2.45, 2.75) is 33.6 Å². The number of benzene rings is 2. The van der Waals surface area contributed by atoms with E-state index in [1.807, 2.05) is 60.4 Å². The fraction of sp³-hybridized carbons (Fsp3) is 0.423. The van der Waals surface area contributed by atoms with Crippen LogP contribution in [0.25, 0.3) is 0 Å². The predicted octanol–water partition coefficient (Wildman–Crippen LogP) is 6.12. The molecule has 1 fully saturated rings. The van der Waals surface area contributed by atoms with Gasteiger partial charge in [-0.25, -0.2) is 4.79 Å². The van der Waals surface area contributed by atoms with Crippen LogP contribution in [0, 0.1) is 17.3 Å². The number of fused-ring (bicyclic) bond motifs is 1. The number of hydrogen-bond donors (Lipinski definition) is 1. The first-order chi connectivity index (χ1) is 14.9. The van der Waals surface area contributed by atoms with Crippen LogP contribution in [0.5, 0.6) is 11.5 Å². The van der Waals surface area contributed by atoms with Gasteiger partial charge in [0.15, 0.2) is 0 Å². The molecule has 2 unspecified atom stereocenters. The van der Waals surface area contributed by atoms with E-state index in [0.717, 1.165) is 35.2 Å². The molecule has 3 aliphatic carbocycles. The minimum Gasteiger partial charge on any atom is -0.497 e. The normalized spacial score (nSPS) is 20.8. The Morgan fingerprint density at radius 2 is 1.77 bits per heavy atom. The topological polar surface area (TPSA) is 50.8 Å². The van der Waals surface area contributed by atoms with Crippen molar-refractivity contribution in [3.63, 3.8) is 0 Å². The maximum atomic E-state index is 13.4. The summed E-state index contributed by atoms with van der Waals surface area (Å²) >= 11 is 0. The first-order valence-corrected chi connectivity index (χ1v) is 11.1. The zero-order chi connectivity index (χ0) is 22.0. The second kappa shape index (κ2) is 8.66. The van der Waals surface area contributed by atoms with Crippen molar-refractivity contribution in [1.82, 2.24) is 0 Å². The molecule has 2 bridgehead atoms. The molecule has 0 aliphatic heterocycles. The Bertz CT molecular complexity index is 948. The predicted molar refractivity (Wildman–Crippen MR) is 125 cm³/mol. The van der Waals surface area contributed by atoms with E-state index in [9.17, 15) is 4.79 Å². The molecule has 3 aliphatic rings. The van der Waals surface area contributed by atoms with Crippen molar-refractivity contribution < 1.29 is 14.3 Å². The standard InChI is InChI=1S/C26H32N2O3/c1-5-31-23-14-10-21(11-15-23)28(17-18-6-7-19-16-24(18)26(19,2)3)25(29)27-20-8-12-22(30-4)13-9-20/h6,8-15,19,24H,5,7,16-17H2,1-4H3,(H,27,29). The zero-order valence-electron chi connectivity index (χ0n) is 18.9. The van der Waals surface area contributed by atoms with Crippen molar-refractivity contribution in [2.75, 3.05) is 30.5 Å². The van der Waals surface area contributed by atoms with Crippen molar-refractivity contribution in [3.05, 3.63) is 60.2 Å². The summed E-state index contributed by atoms with van der Waals surface area (Å²) < 4.78 is 10.8. The van der Waals surface area contributed by atoms with Crippen molar-refractivity contribution in [3.8, 4) is 11.5 Å². The highest BCUT2D eigenvalue weighted by atomic mass is 16.5. The van der Waals surface area contributed by atoms with Gasteiger partial charge in [-0.15, -0.1) is 0 Å². The molecule has 1 saturated carbocycles. The van der Waals surface area contributed by atoms with Crippen molar-refractivity contribution in [2.24, 2.45) is 17.3 Å². The summed E-state index contributed by atoms with van der Waals surface area (Å²) in [7, 11) is 1.63. The molecule has 2 atom stereocenters. The highest BCUT2D eigenvalue weighted by Crippen LogP contribution is 2.59. The van der Waals surface area contributed by atoms with Gasteiger partial charge < -0.3 is 14.8 Å². The number of rotatable bonds is 7. The van der Waals surface area contributed by atoms with Gasteiger partial charge in [0.2, 0.25) is 0 Å². The maximum absolute atomic E-state index is 13.4. The molecular formula is C26H32N2O3. The van der Waals surface area contributed by atoms with Crippen LogP contribution in [0.4, 0.5) is 16.2 Å². The summed E-state index contributed by atoms with van der Waals surface area (Å²) in [5, 5.41) is 3.04. The smallest absolute Gasteiger partial charge is 0.326 e. The first-order valence-electron chi connectivity index (χ1n) is 11.1. The van der Waals surface area contributed by atoms with Crippen LogP contribution in [-0.4, -0.2) is 26.3 Å². The van der Waals surface area contributed by atoms with Gasteiger partial charge in [0.05, 0.1) is 13.7 Å². The minimum atomic E-state index is -0.144. The van der Waals surface area contributed by atoms with E-state index in [2.05, 4.69) is 25.2 Å². The molecule has 5 nitrogen and oxygen atoms in total. The van der Waals surface area contributed by atoms with Gasteiger partial charge in [0, 0.05) is 17.9 Å². The Morgan fingerprint density at radius 1 is 1.10 bits per heavy atom. The quantitative estimate of drug-likeness (QED) is 0.549. The van der Waals surface area contributed by atoms with E-state index in [1.54, 1.807) is 7.11 Å². The van der Waals surface area contributed by atoms with Crippen molar-refractivity contribution >= 4 is 17.4 Å². The fourth-order valence-corrected chi connectivity index (χ4v) is 4.87. The number of nitrogens with one attached hydrogen (secondary N) is 1.